The summed E-state index contributed by atoms with van der Waals surface area (Å²) < 4.78 is 5.57. The van der Waals surface area contributed by atoms with E-state index in [1.54, 1.807) is 0 Å². The Balaban J connectivity index is 1.92. The zero-order chi connectivity index (χ0) is 7.03. The Bertz CT molecular complexity index is 131. The van der Waals surface area contributed by atoms with Gasteiger partial charge in [-0.3, -0.25) is 0 Å². The van der Waals surface area contributed by atoms with Crippen LogP contribution in [0.4, 0.5) is 0 Å². The molecular formula is C8H15NO. The van der Waals surface area contributed by atoms with Gasteiger partial charge in [-0.2, -0.15) is 0 Å². The first-order chi connectivity index (χ1) is 4.85. The molecule has 0 saturated carbocycles. The first-order valence-corrected chi connectivity index (χ1v) is 4.21. The van der Waals surface area contributed by atoms with Gasteiger partial charge < -0.3 is 9.64 Å². The predicted molar refractivity (Wildman–Crippen MR) is 40.0 cm³/mol. The molecule has 2 nitrogen and oxygen atoms in total. The first-order valence-electron chi connectivity index (χ1n) is 4.21. The number of ether oxygens (including phenoxy) is 1. The molecule has 0 unspecified atom stereocenters. The topological polar surface area (TPSA) is 12.5 Å². The monoisotopic (exact) mass is 141 g/mol. The summed E-state index contributed by atoms with van der Waals surface area (Å²) in [5, 5.41) is 0. The van der Waals surface area contributed by atoms with E-state index in [0.717, 1.165) is 6.61 Å². The van der Waals surface area contributed by atoms with Gasteiger partial charge in [0.05, 0.1) is 12.2 Å². The Hall–Kier alpha value is -0.0800. The van der Waals surface area contributed by atoms with Crippen molar-refractivity contribution in [2.75, 3.05) is 26.2 Å². The van der Waals surface area contributed by atoms with Crippen molar-refractivity contribution in [1.29, 1.82) is 0 Å². The predicted octanol–water partition coefficient (Wildman–Crippen LogP) is 0.871. The van der Waals surface area contributed by atoms with Crippen molar-refractivity contribution < 1.29 is 4.74 Å². The van der Waals surface area contributed by atoms with Gasteiger partial charge in [0.25, 0.3) is 0 Å². The van der Waals surface area contributed by atoms with Gasteiger partial charge >= 0.3 is 0 Å². The molecule has 0 bridgehead atoms. The summed E-state index contributed by atoms with van der Waals surface area (Å²) in [6.07, 6.45) is 2.56. The third-order valence-corrected chi connectivity index (χ3v) is 2.81. The molecule has 0 N–H and O–H groups in total. The fraction of sp³-hybridized carbons (Fsp3) is 1.00. The molecule has 0 aliphatic carbocycles. The number of hydrogen-bond donors (Lipinski definition) is 0. The highest BCUT2D eigenvalue weighted by Crippen LogP contribution is 2.35. The molecule has 2 fully saturated rings. The molecular weight excluding hydrogens is 126 g/mol. The normalized spacial score (nSPS) is 40.5. The lowest BCUT2D eigenvalue weighted by Crippen LogP contribution is -2.45. The van der Waals surface area contributed by atoms with Crippen LogP contribution >= 0.6 is 0 Å². The summed E-state index contributed by atoms with van der Waals surface area (Å²) in [4.78, 5) is 2.47. The number of nitrogens with zero attached hydrogens (tertiary/aromatic N) is 1. The average molecular weight is 141 g/mol. The molecule has 10 heavy (non-hydrogen) atoms. The summed E-state index contributed by atoms with van der Waals surface area (Å²) in [6, 6.07) is 0. The largest absolute Gasteiger partial charge is 0.373 e. The molecule has 2 aliphatic rings. The molecule has 1 spiro atoms. The second kappa shape index (κ2) is 2.21. The molecule has 2 saturated heterocycles. The van der Waals surface area contributed by atoms with Crippen molar-refractivity contribution in [3.63, 3.8) is 0 Å². The lowest BCUT2D eigenvalue weighted by atomic mass is 9.94. The van der Waals surface area contributed by atoms with Gasteiger partial charge in [-0.05, 0) is 13.0 Å². The number of hydrogen-bond acceptors (Lipinski definition) is 2. The lowest BCUT2D eigenvalue weighted by molar-refractivity contribution is -0.136. The van der Waals surface area contributed by atoms with Crippen molar-refractivity contribution in [1.82, 2.24) is 4.90 Å². The molecule has 2 aliphatic heterocycles. The van der Waals surface area contributed by atoms with Gasteiger partial charge in [0.15, 0.2) is 0 Å². The second-order valence-electron chi connectivity index (χ2n) is 3.40. The van der Waals surface area contributed by atoms with Gasteiger partial charge in [0, 0.05) is 19.5 Å². The van der Waals surface area contributed by atoms with Gasteiger partial charge in [-0.25, -0.2) is 0 Å². The molecule has 58 valence electrons. The Labute approximate surface area is 62.2 Å². The Morgan fingerprint density at radius 3 is 2.60 bits per heavy atom. The SMILES string of the molecule is CCN1CC[C@@]2(CCO2)C1. The molecule has 0 aromatic heterocycles. The third-order valence-electron chi connectivity index (χ3n) is 2.81. The van der Waals surface area contributed by atoms with Crippen molar-refractivity contribution >= 4 is 0 Å². The molecule has 2 heteroatoms. The summed E-state index contributed by atoms with van der Waals surface area (Å²) >= 11 is 0. The van der Waals surface area contributed by atoms with E-state index >= 15 is 0 Å². The van der Waals surface area contributed by atoms with E-state index in [1.165, 1.54) is 32.5 Å². The average Bonchev–Trinajstić information content (AvgIpc) is 2.29. The zero-order valence-corrected chi connectivity index (χ0v) is 6.60. The molecule has 0 amide bonds. The van der Waals surface area contributed by atoms with E-state index in [-0.39, 0.29) is 0 Å². The van der Waals surface area contributed by atoms with E-state index in [2.05, 4.69) is 11.8 Å². The van der Waals surface area contributed by atoms with Crippen LogP contribution < -0.4 is 0 Å². The highest BCUT2D eigenvalue weighted by Gasteiger charge is 2.43. The quantitative estimate of drug-likeness (QED) is 0.537. The highest BCUT2D eigenvalue weighted by molar-refractivity contribution is 4.96. The Kier molecular flexibility index (Phi) is 1.46. The Morgan fingerprint density at radius 2 is 2.30 bits per heavy atom. The smallest absolute Gasteiger partial charge is 0.0842 e. The van der Waals surface area contributed by atoms with Crippen molar-refractivity contribution in [3.8, 4) is 0 Å². The summed E-state index contributed by atoms with van der Waals surface area (Å²) in [5.74, 6) is 0. The van der Waals surface area contributed by atoms with E-state index < -0.39 is 0 Å². The van der Waals surface area contributed by atoms with Crippen LogP contribution in [0.1, 0.15) is 19.8 Å². The molecule has 0 aromatic rings. The maximum Gasteiger partial charge on any atom is 0.0842 e. The third kappa shape index (κ3) is 0.867. The van der Waals surface area contributed by atoms with Crippen molar-refractivity contribution in [2.45, 2.75) is 25.4 Å². The van der Waals surface area contributed by atoms with E-state index in [1.807, 2.05) is 0 Å². The first kappa shape index (κ1) is 6.62. The maximum absolute atomic E-state index is 5.57. The molecule has 1 atom stereocenters. The second-order valence-corrected chi connectivity index (χ2v) is 3.40. The van der Waals surface area contributed by atoms with Gasteiger partial charge in [0.1, 0.15) is 0 Å². The van der Waals surface area contributed by atoms with Crippen LogP contribution in [0.5, 0.6) is 0 Å². The maximum atomic E-state index is 5.57. The minimum Gasteiger partial charge on any atom is -0.373 e. The minimum atomic E-state index is 0.315. The number of rotatable bonds is 1. The lowest BCUT2D eigenvalue weighted by Gasteiger charge is -2.38. The summed E-state index contributed by atoms with van der Waals surface area (Å²) in [5.41, 5.74) is 0.315. The van der Waals surface area contributed by atoms with Crippen LogP contribution in [0.3, 0.4) is 0 Å². The number of likely N-dealkylation sites (N-methyl/N-ethyl adjacent to an activating group) is 1. The fourth-order valence-corrected chi connectivity index (χ4v) is 1.91. The Morgan fingerprint density at radius 1 is 1.50 bits per heavy atom. The van der Waals surface area contributed by atoms with E-state index in [4.69, 9.17) is 4.74 Å². The van der Waals surface area contributed by atoms with E-state index in [0.29, 0.717) is 5.60 Å². The molecule has 0 radical (unpaired) electrons. The van der Waals surface area contributed by atoms with Gasteiger partial charge in [-0.1, -0.05) is 6.92 Å². The van der Waals surface area contributed by atoms with Crippen LogP contribution in [-0.4, -0.2) is 36.7 Å². The van der Waals surface area contributed by atoms with Crippen LogP contribution in [0.15, 0.2) is 0 Å². The van der Waals surface area contributed by atoms with Gasteiger partial charge in [0.2, 0.25) is 0 Å². The van der Waals surface area contributed by atoms with Crippen molar-refractivity contribution in [3.05, 3.63) is 0 Å². The minimum absolute atomic E-state index is 0.315. The standard InChI is InChI=1S/C8H15NO/c1-2-9-5-3-8(7-9)4-6-10-8/h2-7H2,1H3/t8-/m1/s1. The molecule has 2 rings (SSSR count). The summed E-state index contributed by atoms with van der Waals surface area (Å²) in [6.45, 7) is 6.83. The zero-order valence-electron chi connectivity index (χ0n) is 6.60. The van der Waals surface area contributed by atoms with Gasteiger partial charge in [-0.15, -0.1) is 0 Å². The van der Waals surface area contributed by atoms with Crippen LogP contribution in [0, 0.1) is 0 Å². The highest BCUT2D eigenvalue weighted by atomic mass is 16.5. The molecule has 0 aromatic carbocycles. The van der Waals surface area contributed by atoms with Crippen LogP contribution in [0.2, 0.25) is 0 Å². The van der Waals surface area contributed by atoms with E-state index in [9.17, 15) is 0 Å². The number of likely N-dealkylation sites (tertiary alicyclic amines) is 1. The van der Waals surface area contributed by atoms with Crippen LogP contribution in [-0.2, 0) is 4.74 Å². The molecule has 2 heterocycles. The fourth-order valence-electron chi connectivity index (χ4n) is 1.91. The summed E-state index contributed by atoms with van der Waals surface area (Å²) in [7, 11) is 0. The van der Waals surface area contributed by atoms with Crippen LogP contribution in [0.25, 0.3) is 0 Å². The van der Waals surface area contributed by atoms with Crippen molar-refractivity contribution in [2.24, 2.45) is 0 Å².